The monoisotopic (exact) mass is 258 g/mol. The van der Waals surface area contributed by atoms with Crippen LogP contribution in [0.2, 0.25) is 5.15 Å². The Bertz CT molecular complexity index is 773. The number of rotatable bonds is 1. The maximum absolute atomic E-state index is 6.25. The van der Waals surface area contributed by atoms with E-state index in [1.54, 1.807) is 0 Å². The van der Waals surface area contributed by atoms with Gasteiger partial charge >= 0.3 is 0 Å². The topological polar surface area (TPSA) is 43.1 Å². The van der Waals surface area contributed by atoms with Gasteiger partial charge in [-0.25, -0.2) is 0 Å². The summed E-state index contributed by atoms with van der Waals surface area (Å²) < 4.78 is 1.81. The van der Waals surface area contributed by atoms with Crippen LogP contribution in [0.1, 0.15) is 30.1 Å². The number of hydrogen-bond acceptors (Lipinski definition) is 3. The smallest absolute Gasteiger partial charge is 0.185 e. The number of nitrogens with zero attached hydrogens (tertiary/aromatic N) is 4. The van der Waals surface area contributed by atoms with Crippen LogP contribution in [0.15, 0.2) is 18.2 Å². The highest BCUT2D eigenvalue weighted by Gasteiger charge is 2.29. The molecule has 4 nitrogen and oxygen atoms in total. The molecule has 0 atom stereocenters. The van der Waals surface area contributed by atoms with E-state index < -0.39 is 0 Å². The van der Waals surface area contributed by atoms with Crippen molar-refractivity contribution in [3.63, 3.8) is 0 Å². The van der Waals surface area contributed by atoms with Gasteiger partial charge in [-0.1, -0.05) is 29.3 Å². The van der Waals surface area contributed by atoms with Gasteiger partial charge in [0.2, 0.25) is 0 Å². The predicted octanol–water partition coefficient (Wildman–Crippen LogP) is 3.12. The Morgan fingerprint density at radius 1 is 1.22 bits per heavy atom. The molecule has 0 bridgehead atoms. The third-order valence-corrected chi connectivity index (χ3v) is 3.71. The van der Waals surface area contributed by atoms with Crippen LogP contribution in [0.3, 0.4) is 0 Å². The number of aryl methyl sites for hydroxylation is 1. The predicted molar refractivity (Wildman–Crippen MR) is 70.0 cm³/mol. The van der Waals surface area contributed by atoms with Crippen LogP contribution >= 0.6 is 11.6 Å². The molecule has 1 fully saturated rings. The number of hydrogen-bond donors (Lipinski definition) is 0. The van der Waals surface area contributed by atoms with Gasteiger partial charge in [-0.05, 0) is 25.8 Å². The van der Waals surface area contributed by atoms with Crippen molar-refractivity contribution in [1.82, 2.24) is 19.8 Å². The van der Waals surface area contributed by atoms with Gasteiger partial charge in [-0.15, -0.1) is 10.2 Å². The first kappa shape index (κ1) is 10.3. The van der Waals surface area contributed by atoms with Gasteiger partial charge in [0.15, 0.2) is 16.6 Å². The lowest BCUT2D eigenvalue weighted by Crippen LogP contribution is -1.99. The molecule has 3 aromatic rings. The van der Waals surface area contributed by atoms with E-state index in [0.29, 0.717) is 11.1 Å². The highest BCUT2D eigenvalue weighted by molar-refractivity contribution is 6.34. The van der Waals surface area contributed by atoms with Crippen molar-refractivity contribution in [2.75, 3.05) is 0 Å². The average Bonchev–Trinajstić information content (AvgIpc) is 3.10. The molecule has 0 N–H and O–H groups in total. The third-order valence-electron chi connectivity index (χ3n) is 3.43. The average molecular weight is 259 g/mol. The molecule has 2 heterocycles. The van der Waals surface area contributed by atoms with E-state index in [4.69, 9.17) is 11.6 Å². The molecular formula is C13H11ClN4. The first-order valence-corrected chi connectivity index (χ1v) is 6.43. The molecule has 0 aliphatic heterocycles. The van der Waals surface area contributed by atoms with Crippen LogP contribution in [0.5, 0.6) is 0 Å². The fourth-order valence-electron chi connectivity index (χ4n) is 2.32. The zero-order chi connectivity index (χ0) is 12.3. The van der Waals surface area contributed by atoms with Crippen molar-refractivity contribution < 1.29 is 0 Å². The molecule has 1 aliphatic rings. The molecular weight excluding hydrogens is 248 g/mol. The van der Waals surface area contributed by atoms with Crippen LogP contribution in [0.25, 0.3) is 16.4 Å². The van der Waals surface area contributed by atoms with E-state index in [1.807, 2.05) is 16.6 Å². The molecule has 90 valence electrons. The van der Waals surface area contributed by atoms with Gasteiger partial charge in [0, 0.05) is 16.7 Å². The Labute approximate surface area is 109 Å². The minimum Gasteiger partial charge on any atom is -0.195 e. The molecule has 0 spiro atoms. The van der Waals surface area contributed by atoms with E-state index in [0.717, 1.165) is 22.2 Å². The van der Waals surface area contributed by atoms with E-state index in [9.17, 15) is 0 Å². The van der Waals surface area contributed by atoms with Crippen molar-refractivity contribution in [3.8, 4) is 0 Å². The summed E-state index contributed by atoms with van der Waals surface area (Å²) in [5.74, 6) is 1.45. The number of benzene rings is 1. The Morgan fingerprint density at radius 2 is 2.06 bits per heavy atom. The molecule has 1 aromatic carbocycles. The Balaban J connectivity index is 2.16. The van der Waals surface area contributed by atoms with Gasteiger partial charge in [-0.3, -0.25) is 0 Å². The van der Waals surface area contributed by atoms with Gasteiger partial charge in [0.05, 0.1) is 0 Å². The minimum atomic E-state index is 0.505. The summed E-state index contributed by atoms with van der Waals surface area (Å²) in [6, 6.07) is 6.11. The van der Waals surface area contributed by atoms with Crippen LogP contribution in [0, 0.1) is 6.92 Å². The van der Waals surface area contributed by atoms with Crippen LogP contribution in [-0.4, -0.2) is 19.8 Å². The normalized spacial score (nSPS) is 15.7. The van der Waals surface area contributed by atoms with Crippen molar-refractivity contribution in [2.45, 2.75) is 25.7 Å². The molecule has 5 heteroatoms. The summed E-state index contributed by atoms with van der Waals surface area (Å²) in [4.78, 5) is 0. The first-order valence-electron chi connectivity index (χ1n) is 6.05. The highest BCUT2D eigenvalue weighted by Crippen LogP contribution is 2.39. The number of fused-ring (bicyclic) bond motifs is 3. The maximum Gasteiger partial charge on any atom is 0.185 e. The van der Waals surface area contributed by atoms with Crippen molar-refractivity contribution in [1.29, 1.82) is 0 Å². The molecule has 0 unspecified atom stereocenters. The van der Waals surface area contributed by atoms with E-state index in [-0.39, 0.29) is 0 Å². The molecule has 18 heavy (non-hydrogen) atoms. The standard InChI is InChI=1S/C13H11ClN4/c1-7-2-5-9-10(6-7)13-16-15-12(8-3-4-8)18(13)17-11(9)14/h2,5-6,8H,3-4H2,1H3. The maximum atomic E-state index is 6.25. The second-order valence-electron chi connectivity index (χ2n) is 4.91. The summed E-state index contributed by atoms with van der Waals surface area (Å²) in [6.45, 7) is 2.06. The third kappa shape index (κ3) is 1.35. The Hall–Kier alpha value is -1.68. The number of halogens is 1. The molecule has 1 saturated carbocycles. The fourth-order valence-corrected chi connectivity index (χ4v) is 2.56. The molecule has 0 radical (unpaired) electrons. The zero-order valence-corrected chi connectivity index (χ0v) is 10.6. The van der Waals surface area contributed by atoms with Gasteiger partial charge in [-0.2, -0.15) is 9.61 Å². The van der Waals surface area contributed by atoms with Crippen molar-refractivity contribution >= 4 is 28.0 Å². The summed E-state index contributed by atoms with van der Waals surface area (Å²) in [5, 5.41) is 15.4. The lowest BCUT2D eigenvalue weighted by atomic mass is 10.1. The highest BCUT2D eigenvalue weighted by atomic mass is 35.5. The second-order valence-corrected chi connectivity index (χ2v) is 5.27. The largest absolute Gasteiger partial charge is 0.195 e. The van der Waals surface area contributed by atoms with Gasteiger partial charge in [0.25, 0.3) is 0 Å². The summed E-state index contributed by atoms with van der Waals surface area (Å²) in [6.07, 6.45) is 2.35. The van der Waals surface area contributed by atoms with Crippen LogP contribution < -0.4 is 0 Å². The SMILES string of the molecule is Cc1ccc2c(Cl)nn3c(C4CC4)nnc3c2c1. The zero-order valence-electron chi connectivity index (χ0n) is 9.89. The van der Waals surface area contributed by atoms with Gasteiger partial charge in [0.1, 0.15) is 0 Å². The molecule has 2 aromatic heterocycles. The molecule has 0 amide bonds. The lowest BCUT2D eigenvalue weighted by Gasteiger charge is -2.04. The van der Waals surface area contributed by atoms with Crippen molar-refractivity contribution in [2.24, 2.45) is 0 Å². The Kier molecular flexibility index (Phi) is 1.95. The molecule has 4 rings (SSSR count). The van der Waals surface area contributed by atoms with Gasteiger partial charge < -0.3 is 0 Å². The molecule has 1 aliphatic carbocycles. The van der Waals surface area contributed by atoms with E-state index >= 15 is 0 Å². The van der Waals surface area contributed by atoms with Crippen LogP contribution in [0.4, 0.5) is 0 Å². The lowest BCUT2D eigenvalue weighted by molar-refractivity contribution is 0.819. The Morgan fingerprint density at radius 3 is 2.83 bits per heavy atom. The fraction of sp³-hybridized carbons (Fsp3) is 0.308. The number of aromatic nitrogens is 4. The second kappa shape index (κ2) is 3.42. The summed E-state index contributed by atoms with van der Waals surface area (Å²) in [5.41, 5.74) is 1.99. The quantitative estimate of drug-likeness (QED) is 0.674. The summed E-state index contributed by atoms with van der Waals surface area (Å²) >= 11 is 6.25. The van der Waals surface area contributed by atoms with Crippen LogP contribution in [-0.2, 0) is 0 Å². The summed E-state index contributed by atoms with van der Waals surface area (Å²) in [7, 11) is 0. The van der Waals surface area contributed by atoms with E-state index in [1.165, 1.54) is 18.4 Å². The van der Waals surface area contributed by atoms with Crippen molar-refractivity contribution in [3.05, 3.63) is 34.7 Å². The van der Waals surface area contributed by atoms with E-state index in [2.05, 4.69) is 28.3 Å². The first-order chi connectivity index (χ1) is 8.74. The molecule has 0 saturated heterocycles. The minimum absolute atomic E-state index is 0.505.